The van der Waals surface area contributed by atoms with E-state index in [1.165, 1.54) is 25.7 Å². The Bertz CT molecular complexity index is 61.1. The molecular weight excluding hydrogens is 337 g/mol. The summed E-state index contributed by atoms with van der Waals surface area (Å²) in [6.07, 6.45) is 4.80. The quantitative estimate of drug-likeness (QED) is 0.491. The first kappa shape index (κ1) is 11.8. The third-order valence-electron chi connectivity index (χ3n) is 1.28. The van der Waals surface area contributed by atoms with Crippen molar-refractivity contribution in [3.8, 4) is 0 Å². The van der Waals surface area contributed by atoms with E-state index in [4.69, 9.17) is 5.63 Å². The van der Waals surface area contributed by atoms with Gasteiger partial charge in [-0.1, -0.05) is 0 Å². The molecule has 0 fully saturated rings. The molecular formula is C8H18BiO2. The first-order valence-electron chi connectivity index (χ1n) is 4.36. The van der Waals surface area contributed by atoms with Gasteiger partial charge in [-0.25, -0.2) is 0 Å². The molecule has 0 aliphatic rings. The van der Waals surface area contributed by atoms with Crippen LogP contribution in [0.3, 0.4) is 0 Å². The Morgan fingerprint density at radius 1 is 0.909 bits per heavy atom. The number of unbranched alkanes of at least 4 members (excludes halogenated alkanes) is 2. The fourth-order valence-corrected chi connectivity index (χ4v) is 2.40. The van der Waals surface area contributed by atoms with Crippen LogP contribution in [-0.4, -0.2) is 37.3 Å². The summed E-state index contributed by atoms with van der Waals surface area (Å²) < 4.78 is 10.8. The Balaban J connectivity index is 2.69. The van der Waals surface area contributed by atoms with Crippen molar-refractivity contribution in [3.63, 3.8) is 0 Å². The van der Waals surface area contributed by atoms with Crippen LogP contribution in [0.1, 0.15) is 39.5 Å². The minimum absolute atomic E-state index is 0.916. The van der Waals surface area contributed by atoms with Crippen molar-refractivity contribution >= 4 is 24.1 Å². The van der Waals surface area contributed by atoms with Crippen LogP contribution in [0.4, 0.5) is 0 Å². The summed E-state index contributed by atoms with van der Waals surface area (Å²) in [7, 11) is 0. The van der Waals surface area contributed by atoms with Gasteiger partial charge in [-0.05, 0) is 0 Å². The molecule has 0 saturated heterocycles. The Morgan fingerprint density at radius 2 is 1.36 bits per heavy atom. The molecule has 11 heavy (non-hydrogen) atoms. The van der Waals surface area contributed by atoms with Gasteiger partial charge in [0.15, 0.2) is 0 Å². The van der Waals surface area contributed by atoms with Crippen molar-refractivity contribution in [2.75, 3.05) is 13.2 Å². The molecule has 0 saturated carbocycles. The van der Waals surface area contributed by atoms with Crippen molar-refractivity contribution in [1.29, 1.82) is 0 Å². The first-order valence-corrected chi connectivity index (χ1v) is 7.20. The summed E-state index contributed by atoms with van der Waals surface area (Å²) in [6, 6.07) is 0. The second-order valence-corrected chi connectivity index (χ2v) is 5.04. The van der Waals surface area contributed by atoms with E-state index >= 15 is 0 Å². The van der Waals surface area contributed by atoms with E-state index in [-0.39, 0.29) is 0 Å². The van der Waals surface area contributed by atoms with Crippen molar-refractivity contribution in [2.45, 2.75) is 39.5 Å². The van der Waals surface area contributed by atoms with E-state index in [2.05, 4.69) is 13.8 Å². The van der Waals surface area contributed by atoms with Crippen molar-refractivity contribution in [2.24, 2.45) is 0 Å². The predicted octanol–water partition coefficient (Wildman–Crippen LogP) is 2.15. The number of rotatable bonds is 8. The molecule has 67 valence electrons. The molecule has 1 radical (unpaired) electrons. The third kappa shape index (κ3) is 10.8. The number of hydrogen-bond acceptors (Lipinski definition) is 2. The molecule has 0 aromatic rings. The monoisotopic (exact) mass is 355 g/mol. The third-order valence-corrected chi connectivity index (χ3v) is 3.52. The molecule has 0 amide bonds. The average molecular weight is 355 g/mol. The van der Waals surface area contributed by atoms with Crippen LogP contribution in [-0.2, 0) is 5.63 Å². The topological polar surface area (TPSA) is 18.5 Å². The van der Waals surface area contributed by atoms with Gasteiger partial charge in [-0.15, -0.1) is 0 Å². The molecule has 0 unspecified atom stereocenters. The van der Waals surface area contributed by atoms with Crippen LogP contribution in [0.15, 0.2) is 0 Å². The van der Waals surface area contributed by atoms with E-state index < -0.39 is 24.1 Å². The number of hydrogen-bond donors (Lipinski definition) is 0. The zero-order chi connectivity index (χ0) is 8.36. The zero-order valence-electron chi connectivity index (χ0n) is 7.51. The molecule has 0 aromatic carbocycles. The van der Waals surface area contributed by atoms with Crippen LogP contribution in [0.2, 0.25) is 0 Å². The summed E-state index contributed by atoms with van der Waals surface area (Å²) >= 11 is -0.960. The van der Waals surface area contributed by atoms with Gasteiger partial charge in [0.1, 0.15) is 0 Å². The Kier molecular flexibility index (Phi) is 11.6. The van der Waals surface area contributed by atoms with Crippen molar-refractivity contribution in [3.05, 3.63) is 0 Å². The summed E-state index contributed by atoms with van der Waals surface area (Å²) in [5.41, 5.74) is 0. The Labute approximate surface area is 82.5 Å². The normalized spacial score (nSPS) is 10.4. The van der Waals surface area contributed by atoms with Crippen molar-refractivity contribution in [1.82, 2.24) is 0 Å². The van der Waals surface area contributed by atoms with E-state index in [0.717, 1.165) is 13.2 Å². The van der Waals surface area contributed by atoms with Gasteiger partial charge in [0.2, 0.25) is 0 Å². The van der Waals surface area contributed by atoms with Crippen LogP contribution in [0.25, 0.3) is 0 Å². The summed E-state index contributed by atoms with van der Waals surface area (Å²) in [4.78, 5) is 0. The van der Waals surface area contributed by atoms with E-state index in [0.29, 0.717) is 0 Å². The molecule has 0 spiro atoms. The van der Waals surface area contributed by atoms with Gasteiger partial charge in [0, 0.05) is 0 Å². The average Bonchev–Trinajstić information content (AvgIpc) is 2.03. The van der Waals surface area contributed by atoms with Crippen LogP contribution < -0.4 is 0 Å². The standard InChI is InChI=1S/2C4H9O.Bi/c2*1-2-3-4-5;/h2*2-4H2,1H3;/q2*-1;+2. The Hall–Kier alpha value is 0.803. The molecule has 3 heteroatoms. The molecule has 0 rings (SSSR count). The predicted molar refractivity (Wildman–Crippen MR) is 47.5 cm³/mol. The molecule has 0 heterocycles. The van der Waals surface area contributed by atoms with Gasteiger partial charge >= 0.3 is 82.5 Å². The van der Waals surface area contributed by atoms with Gasteiger partial charge in [0.25, 0.3) is 0 Å². The van der Waals surface area contributed by atoms with Gasteiger partial charge in [-0.3, -0.25) is 0 Å². The van der Waals surface area contributed by atoms with Gasteiger partial charge in [0.05, 0.1) is 0 Å². The van der Waals surface area contributed by atoms with E-state index in [1.54, 1.807) is 0 Å². The molecule has 0 atom stereocenters. The molecule has 0 bridgehead atoms. The molecule has 0 N–H and O–H groups in total. The minimum atomic E-state index is -0.960. The fourth-order valence-electron chi connectivity index (χ4n) is 0.530. The fraction of sp³-hybridized carbons (Fsp3) is 1.00. The second-order valence-electron chi connectivity index (χ2n) is 2.45. The zero-order valence-corrected chi connectivity index (χ0v) is 11.0. The maximum absolute atomic E-state index is 5.38. The summed E-state index contributed by atoms with van der Waals surface area (Å²) in [5, 5.41) is 0. The summed E-state index contributed by atoms with van der Waals surface area (Å²) in [6.45, 7) is 6.18. The first-order chi connectivity index (χ1) is 5.41. The molecule has 0 aliphatic carbocycles. The molecule has 0 aliphatic heterocycles. The molecule has 0 aromatic heterocycles. The van der Waals surface area contributed by atoms with E-state index in [9.17, 15) is 0 Å². The second kappa shape index (κ2) is 10.8. The molecule has 2 nitrogen and oxygen atoms in total. The van der Waals surface area contributed by atoms with Gasteiger partial charge < -0.3 is 0 Å². The van der Waals surface area contributed by atoms with Crippen LogP contribution in [0, 0.1) is 0 Å². The maximum atomic E-state index is 5.38. The summed E-state index contributed by atoms with van der Waals surface area (Å²) in [5.74, 6) is 0. The van der Waals surface area contributed by atoms with Crippen LogP contribution >= 0.6 is 0 Å². The Morgan fingerprint density at radius 3 is 1.73 bits per heavy atom. The van der Waals surface area contributed by atoms with Crippen LogP contribution in [0.5, 0.6) is 0 Å². The van der Waals surface area contributed by atoms with Gasteiger partial charge in [-0.2, -0.15) is 0 Å². The SMILES string of the molecule is CCCC[O][Bi][O]CCCC. The van der Waals surface area contributed by atoms with E-state index in [1.807, 2.05) is 0 Å². The van der Waals surface area contributed by atoms with Crippen molar-refractivity contribution < 1.29 is 5.63 Å².